The van der Waals surface area contributed by atoms with Crippen molar-refractivity contribution in [3.63, 3.8) is 0 Å². The van der Waals surface area contributed by atoms with Crippen molar-refractivity contribution in [2.75, 3.05) is 11.4 Å². The van der Waals surface area contributed by atoms with Crippen LogP contribution in [-0.4, -0.2) is 17.6 Å². The highest BCUT2D eigenvalue weighted by Crippen LogP contribution is 2.42. The van der Waals surface area contributed by atoms with E-state index < -0.39 is 0 Å². The number of piperidine rings is 1. The summed E-state index contributed by atoms with van der Waals surface area (Å²) < 4.78 is 14.8. The Hall–Kier alpha value is -0.680. The zero-order valence-corrected chi connectivity index (χ0v) is 12.2. The molecule has 1 aromatic rings. The van der Waals surface area contributed by atoms with Gasteiger partial charge < -0.3 is 10.6 Å². The maximum atomic E-state index is 14.4. The second kappa shape index (κ2) is 4.46. The molecular weight excluding hydrogens is 315 g/mol. The van der Waals surface area contributed by atoms with Gasteiger partial charge in [-0.15, -0.1) is 0 Å². The maximum Gasteiger partial charge on any atom is 0.161 e. The van der Waals surface area contributed by atoms with E-state index >= 15 is 0 Å². The Bertz CT molecular complexity index is 520. The SMILES string of the molecule is NC(=S)c1ccc(N2CC3CCC2C3)c(F)c1Br. The van der Waals surface area contributed by atoms with Gasteiger partial charge in [-0.1, -0.05) is 12.2 Å². The lowest BCUT2D eigenvalue weighted by Gasteiger charge is -2.30. The molecule has 0 aromatic heterocycles. The molecule has 1 saturated carbocycles. The number of nitrogens with two attached hydrogens (primary N) is 1. The molecule has 1 aliphatic carbocycles. The minimum atomic E-state index is -0.243. The maximum absolute atomic E-state index is 14.4. The third-order valence-electron chi connectivity index (χ3n) is 4.05. The van der Waals surface area contributed by atoms with Crippen molar-refractivity contribution in [2.24, 2.45) is 11.7 Å². The van der Waals surface area contributed by atoms with Crippen molar-refractivity contribution < 1.29 is 4.39 Å². The van der Waals surface area contributed by atoms with Crippen molar-refractivity contribution in [1.29, 1.82) is 0 Å². The van der Waals surface area contributed by atoms with E-state index in [-0.39, 0.29) is 10.8 Å². The second-order valence-corrected chi connectivity index (χ2v) is 6.34. The standard InChI is InChI=1S/C13H14BrFN2S/c14-11-9(13(16)18)3-4-10(12(11)15)17-6-7-1-2-8(17)5-7/h3-4,7-8H,1-2,5-6H2,(H2,16,18). The Labute approximate surface area is 119 Å². The Morgan fingerprint density at radius 2 is 2.22 bits per heavy atom. The molecule has 1 saturated heterocycles. The van der Waals surface area contributed by atoms with E-state index in [1.165, 1.54) is 19.3 Å². The quantitative estimate of drug-likeness (QED) is 0.845. The molecule has 18 heavy (non-hydrogen) atoms. The zero-order chi connectivity index (χ0) is 12.9. The average Bonchev–Trinajstić information content (AvgIpc) is 2.94. The van der Waals surface area contributed by atoms with Gasteiger partial charge in [0.25, 0.3) is 0 Å². The zero-order valence-electron chi connectivity index (χ0n) is 9.83. The Balaban J connectivity index is 1.99. The molecule has 2 N–H and O–H groups in total. The fourth-order valence-corrected chi connectivity index (χ4v) is 4.02. The summed E-state index contributed by atoms with van der Waals surface area (Å²) in [6, 6.07) is 4.11. The summed E-state index contributed by atoms with van der Waals surface area (Å²) >= 11 is 8.17. The van der Waals surface area contributed by atoms with Crippen molar-refractivity contribution in [3.05, 3.63) is 28.0 Å². The minimum Gasteiger partial charge on any atom is -0.389 e. The Kier molecular flexibility index (Phi) is 3.06. The molecular formula is C13H14BrFN2S. The van der Waals surface area contributed by atoms with Crippen LogP contribution in [0.1, 0.15) is 24.8 Å². The predicted molar refractivity (Wildman–Crippen MR) is 78.5 cm³/mol. The summed E-state index contributed by atoms with van der Waals surface area (Å²) in [7, 11) is 0. The number of hydrogen-bond donors (Lipinski definition) is 1. The van der Waals surface area contributed by atoms with Gasteiger partial charge in [-0.05, 0) is 53.2 Å². The molecule has 2 bridgehead atoms. The van der Waals surface area contributed by atoms with E-state index in [9.17, 15) is 4.39 Å². The highest BCUT2D eigenvalue weighted by molar-refractivity contribution is 9.10. The van der Waals surface area contributed by atoms with E-state index in [2.05, 4.69) is 20.8 Å². The molecule has 2 fully saturated rings. The van der Waals surface area contributed by atoms with Crippen LogP contribution in [0.15, 0.2) is 16.6 Å². The van der Waals surface area contributed by atoms with E-state index in [0.717, 1.165) is 12.5 Å². The third kappa shape index (κ3) is 1.84. The number of thiocarbonyl (C=S) groups is 1. The van der Waals surface area contributed by atoms with Gasteiger partial charge in [0.2, 0.25) is 0 Å². The van der Waals surface area contributed by atoms with Gasteiger partial charge in [-0.25, -0.2) is 4.39 Å². The van der Waals surface area contributed by atoms with E-state index in [1.807, 2.05) is 0 Å². The molecule has 0 radical (unpaired) electrons. The molecule has 5 heteroatoms. The summed E-state index contributed by atoms with van der Waals surface area (Å²) in [5.74, 6) is 0.497. The van der Waals surface area contributed by atoms with Gasteiger partial charge in [0.15, 0.2) is 5.82 Å². The summed E-state index contributed by atoms with van der Waals surface area (Å²) in [4.78, 5) is 2.41. The fourth-order valence-electron chi connectivity index (χ4n) is 3.17. The lowest BCUT2D eigenvalue weighted by molar-refractivity contribution is 0.539. The molecule has 1 aromatic carbocycles. The number of fused-ring (bicyclic) bond motifs is 2. The van der Waals surface area contributed by atoms with Crippen LogP contribution in [-0.2, 0) is 0 Å². The first-order valence-electron chi connectivity index (χ1n) is 6.12. The second-order valence-electron chi connectivity index (χ2n) is 5.11. The monoisotopic (exact) mass is 328 g/mol. The number of hydrogen-bond acceptors (Lipinski definition) is 2. The summed E-state index contributed by atoms with van der Waals surface area (Å²) in [6.45, 7) is 0.973. The highest BCUT2D eigenvalue weighted by atomic mass is 79.9. The van der Waals surface area contributed by atoms with E-state index in [1.54, 1.807) is 12.1 Å². The van der Waals surface area contributed by atoms with E-state index in [4.69, 9.17) is 18.0 Å². The van der Waals surface area contributed by atoms with Crippen LogP contribution >= 0.6 is 28.1 Å². The third-order valence-corrected chi connectivity index (χ3v) is 5.04. The van der Waals surface area contributed by atoms with Crippen LogP contribution in [0, 0.1) is 11.7 Å². The van der Waals surface area contributed by atoms with Crippen LogP contribution in [0.2, 0.25) is 0 Å². The fraction of sp³-hybridized carbons (Fsp3) is 0.462. The smallest absolute Gasteiger partial charge is 0.161 e. The first-order chi connectivity index (χ1) is 8.58. The van der Waals surface area contributed by atoms with Crippen molar-refractivity contribution in [2.45, 2.75) is 25.3 Å². The molecule has 2 aliphatic rings. The van der Waals surface area contributed by atoms with Gasteiger partial charge in [0.1, 0.15) is 4.99 Å². The van der Waals surface area contributed by atoms with Crippen LogP contribution in [0.25, 0.3) is 0 Å². The van der Waals surface area contributed by atoms with Gasteiger partial charge >= 0.3 is 0 Å². The first kappa shape index (κ1) is 12.4. The molecule has 3 rings (SSSR count). The van der Waals surface area contributed by atoms with Gasteiger partial charge in [-0.2, -0.15) is 0 Å². The van der Waals surface area contributed by atoms with Crippen LogP contribution < -0.4 is 10.6 Å². The molecule has 2 unspecified atom stereocenters. The Morgan fingerprint density at radius 3 is 2.78 bits per heavy atom. The van der Waals surface area contributed by atoms with E-state index in [0.29, 0.717) is 21.8 Å². The normalized spacial score (nSPS) is 25.8. The van der Waals surface area contributed by atoms with Crippen molar-refractivity contribution in [1.82, 2.24) is 0 Å². The number of anilines is 1. The molecule has 0 spiro atoms. The molecule has 1 heterocycles. The highest BCUT2D eigenvalue weighted by Gasteiger charge is 2.39. The number of nitrogens with zero attached hydrogens (tertiary/aromatic N) is 1. The van der Waals surface area contributed by atoms with Crippen LogP contribution in [0.4, 0.5) is 10.1 Å². The number of benzene rings is 1. The van der Waals surface area contributed by atoms with Gasteiger partial charge in [-0.3, -0.25) is 0 Å². The topological polar surface area (TPSA) is 29.3 Å². The van der Waals surface area contributed by atoms with Gasteiger partial charge in [0, 0.05) is 18.2 Å². The number of rotatable bonds is 2. The van der Waals surface area contributed by atoms with Crippen molar-refractivity contribution in [3.8, 4) is 0 Å². The molecule has 2 atom stereocenters. The molecule has 0 amide bonds. The summed E-state index contributed by atoms with van der Waals surface area (Å²) in [5, 5.41) is 0. The Morgan fingerprint density at radius 1 is 1.44 bits per heavy atom. The van der Waals surface area contributed by atoms with Crippen LogP contribution in [0.5, 0.6) is 0 Å². The van der Waals surface area contributed by atoms with Crippen LogP contribution in [0.3, 0.4) is 0 Å². The molecule has 96 valence electrons. The summed E-state index contributed by atoms with van der Waals surface area (Å²) in [6.07, 6.45) is 3.67. The van der Waals surface area contributed by atoms with Crippen molar-refractivity contribution >= 4 is 38.8 Å². The largest absolute Gasteiger partial charge is 0.389 e. The summed E-state index contributed by atoms with van der Waals surface area (Å²) in [5.41, 5.74) is 6.81. The lowest BCUT2D eigenvalue weighted by Crippen LogP contribution is -2.32. The minimum absolute atomic E-state index is 0.218. The van der Waals surface area contributed by atoms with Gasteiger partial charge in [0.05, 0.1) is 10.2 Å². The first-order valence-corrected chi connectivity index (χ1v) is 7.32. The molecule has 1 aliphatic heterocycles. The average molecular weight is 329 g/mol. The predicted octanol–water partition coefficient (Wildman–Crippen LogP) is 3.21. The number of halogens is 2. The molecule has 2 nitrogen and oxygen atoms in total. The lowest BCUT2D eigenvalue weighted by atomic mass is 10.1.